The van der Waals surface area contributed by atoms with Gasteiger partial charge in [0, 0.05) is 6.07 Å². The Morgan fingerprint density at radius 2 is 2.33 bits per heavy atom. The second kappa shape index (κ2) is 4.14. The topological polar surface area (TPSA) is 74.5 Å². The van der Waals surface area contributed by atoms with Gasteiger partial charge in [0.15, 0.2) is 19.0 Å². The third kappa shape index (κ3) is 1.92. The lowest BCUT2D eigenvalue weighted by atomic mass is 10.1. The molecule has 0 atom stereocenters. The van der Waals surface area contributed by atoms with Gasteiger partial charge in [-0.15, -0.1) is 0 Å². The molecule has 1 aromatic heterocycles. The summed E-state index contributed by atoms with van der Waals surface area (Å²) in [6, 6.07) is 5.09. The van der Waals surface area contributed by atoms with Crippen LogP contribution in [0.3, 0.4) is 0 Å². The van der Waals surface area contributed by atoms with E-state index in [1.165, 1.54) is 0 Å². The first-order chi connectivity index (χ1) is 8.72. The summed E-state index contributed by atoms with van der Waals surface area (Å²) in [5.74, 6) is 2.11. The molecule has 0 spiro atoms. The Kier molecular flexibility index (Phi) is 2.47. The van der Waals surface area contributed by atoms with E-state index in [4.69, 9.17) is 14.0 Å². The fourth-order valence-electron chi connectivity index (χ4n) is 1.71. The highest BCUT2D eigenvalue weighted by Crippen LogP contribution is 2.29. The summed E-state index contributed by atoms with van der Waals surface area (Å²) >= 11 is 0. The molecular weight excluding hydrogens is 236 g/mol. The van der Waals surface area contributed by atoms with Gasteiger partial charge >= 0.3 is 0 Å². The van der Waals surface area contributed by atoms with Gasteiger partial charge in [-0.25, -0.2) is 0 Å². The van der Waals surface area contributed by atoms with Gasteiger partial charge in [0.05, 0.1) is 5.56 Å². The van der Waals surface area contributed by atoms with Crippen LogP contribution in [0.2, 0.25) is 0 Å². The zero-order valence-corrected chi connectivity index (χ0v) is 9.67. The van der Waals surface area contributed by atoms with Crippen molar-refractivity contribution >= 4 is 5.78 Å². The predicted octanol–water partition coefficient (Wildman–Crippen LogP) is 1.53. The molecule has 0 saturated carbocycles. The fourth-order valence-corrected chi connectivity index (χ4v) is 1.71. The minimum absolute atomic E-state index is 0.0101. The van der Waals surface area contributed by atoms with Gasteiger partial charge in [0.25, 0.3) is 5.89 Å². The van der Waals surface area contributed by atoms with Gasteiger partial charge in [0.1, 0.15) is 11.5 Å². The first kappa shape index (κ1) is 10.8. The molecule has 1 aliphatic heterocycles. The summed E-state index contributed by atoms with van der Waals surface area (Å²) in [6.07, 6.45) is 0. The maximum atomic E-state index is 11.4. The van der Waals surface area contributed by atoms with Crippen LogP contribution < -0.4 is 9.47 Å². The molecule has 0 radical (unpaired) electrons. The van der Waals surface area contributed by atoms with Crippen molar-refractivity contribution < 1.29 is 18.8 Å². The third-order valence-corrected chi connectivity index (χ3v) is 2.54. The van der Waals surface area contributed by atoms with Crippen LogP contribution in [-0.2, 0) is 6.61 Å². The van der Waals surface area contributed by atoms with Crippen LogP contribution in [-0.4, -0.2) is 22.5 Å². The highest BCUT2D eigenvalue weighted by Gasteiger charge is 2.21. The van der Waals surface area contributed by atoms with E-state index in [1.807, 2.05) is 0 Å². The van der Waals surface area contributed by atoms with Gasteiger partial charge in [-0.05, 0) is 19.1 Å². The van der Waals surface area contributed by atoms with Crippen molar-refractivity contribution in [2.75, 3.05) is 6.61 Å². The maximum Gasteiger partial charge on any atom is 0.264 e. The molecule has 0 aliphatic carbocycles. The molecule has 6 nitrogen and oxygen atoms in total. The molecule has 1 aliphatic rings. The van der Waals surface area contributed by atoms with Gasteiger partial charge in [-0.2, -0.15) is 4.98 Å². The van der Waals surface area contributed by atoms with Gasteiger partial charge in [0.2, 0.25) is 5.78 Å². The molecule has 0 amide bonds. The predicted molar refractivity (Wildman–Crippen MR) is 59.6 cm³/mol. The third-order valence-electron chi connectivity index (χ3n) is 2.54. The first-order valence-corrected chi connectivity index (χ1v) is 5.44. The highest BCUT2D eigenvalue weighted by molar-refractivity contribution is 6.02. The molecule has 6 heteroatoms. The van der Waals surface area contributed by atoms with Crippen molar-refractivity contribution in [1.29, 1.82) is 0 Å². The molecule has 92 valence electrons. The number of rotatable bonds is 3. The smallest absolute Gasteiger partial charge is 0.264 e. The summed E-state index contributed by atoms with van der Waals surface area (Å²) in [6.45, 7) is 2.02. The fraction of sp³-hybridized carbons (Fsp3) is 0.250. The van der Waals surface area contributed by atoms with E-state index >= 15 is 0 Å². The number of aromatic nitrogens is 2. The van der Waals surface area contributed by atoms with E-state index in [0.717, 1.165) is 0 Å². The number of benzene rings is 1. The lowest BCUT2D eigenvalue weighted by molar-refractivity contribution is 0.0961. The van der Waals surface area contributed by atoms with E-state index in [9.17, 15) is 4.79 Å². The number of aryl methyl sites for hydroxylation is 1. The molecular formula is C12H10N2O4. The second-order valence-electron chi connectivity index (χ2n) is 3.89. The lowest BCUT2D eigenvalue weighted by Gasteiger charge is -2.04. The minimum Gasteiger partial charge on any atom is -0.485 e. The van der Waals surface area contributed by atoms with Crippen molar-refractivity contribution in [3.8, 4) is 11.5 Å². The summed E-state index contributed by atoms with van der Waals surface area (Å²) in [4.78, 5) is 15.4. The molecule has 0 unspecified atom stereocenters. The zero-order chi connectivity index (χ0) is 12.5. The number of carbonyl (C=O) groups excluding carboxylic acids is 1. The van der Waals surface area contributed by atoms with Gasteiger partial charge in [-0.3, -0.25) is 4.79 Å². The van der Waals surface area contributed by atoms with Gasteiger partial charge in [-0.1, -0.05) is 5.16 Å². The summed E-state index contributed by atoms with van der Waals surface area (Å²) in [5.41, 5.74) is 0.594. The second-order valence-corrected chi connectivity index (χ2v) is 3.89. The number of Topliss-reactive ketones (excluding diaryl/α,β-unsaturated/α-hetero) is 1. The van der Waals surface area contributed by atoms with Crippen LogP contribution in [0, 0.1) is 6.92 Å². The standard InChI is InChI=1S/C12H10N2O4/c1-7-13-12(18-14-7)6-16-8-2-3-9-10(15)5-17-11(9)4-8/h2-4H,5-6H2,1H3. The van der Waals surface area contributed by atoms with E-state index in [2.05, 4.69) is 10.1 Å². The minimum atomic E-state index is -0.0101. The Hall–Kier alpha value is -2.37. The SMILES string of the molecule is Cc1noc(COc2ccc3c(c2)OCC3=O)n1. The Morgan fingerprint density at radius 3 is 3.11 bits per heavy atom. The molecule has 2 aromatic rings. The zero-order valence-electron chi connectivity index (χ0n) is 9.67. The van der Waals surface area contributed by atoms with Crippen molar-refractivity contribution in [3.63, 3.8) is 0 Å². The van der Waals surface area contributed by atoms with Crippen LogP contribution in [0.15, 0.2) is 22.7 Å². The molecule has 1 aromatic carbocycles. The Balaban J connectivity index is 1.72. The van der Waals surface area contributed by atoms with Crippen LogP contribution in [0.25, 0.3) is 0 Å². The number of hydrogen-bond acceptors (Lipinski definition) is 6. The summed E-state index contributed by atoms with van der Waals surface area (Å²) in [5, 5.41) is 3.66. The number of ether oxygens (including phenoxy) is 2. The van der Waals surface area contributed by atoms with E-state index in [-0.39, 0.29) is 19.0 Å². The normalized spacial score (nSPS) is 13.3. The van der Waals surface area contributed by atoms with E-state index < -0.39 is 0 Å². The Labute approximate surface area is 103 Å². The molecule has 2 heterocycles. The van der Waals surface area contributed by atoms with Crippen LogP contribution >= 0.6 is 0 Å². The quantitative estimate of drug-likeness (QED) is 0.817. The molecule has 0 saturated heterocycles. The largest absolute Gasteiger partial charge is 0.485 e. The average Bonchev–Trinajstić information content (AvgIpc) is 2.94. The van der Waals surface area contributed by atoms with Crippen LogP contribution in [0.5, 0.6) is 11.5 Å². The first-order valence-electron chi connectivity index (χ1n) is 5.44. The summed E-state index contributed by atoms with van der Waals surface area (Å²) < 4.78 is 15.6. The number of fused-ring (bicyclic) bond motifs is 1. The Bertz CT molecular complexity index is 606. The van der Waals surface area contributed by atoms with E-state index in [1.54, 1.807) is 25.1 Å². The number of hydrogen-bond donors (Lipinski definition) is 0. The van der Waals surface area contributed by atoms with Crippen molar-refractivity contribution in [3.05, 3.63) is 35.5 Å². The maximum absolute atomic E-state index is 11.4. The van der Waals surface area contributed by atoms with Crippen molar-refractivity contribution in [2.24, 2.45) is 0 Å². The average molecular weight is 246 g/mol. The number of ketones is 1. The molecule has 0 N–H and O–H groups in total. The number of carbonyl (C=O) groups is 1. The highest BCUT2D eigenvalue weighted by atomic mass is 16.5. The monoisotopic (exact) mass is 246 g/mol. The molecule has 18 heavy (non-hydrogen) atoms. The summed E-state index contributed by atoms with van der Waals surface area (Å²) in [7, 11) is 0. The lowest BCUT2D eigenvalue weighted by Crippen LogP contribution is -1.98. The van der Waals surface area contributed by atoms with Gasteiger partial charge < -0.3 is 14.0 Å². The molecule has 0 bridgehead atoms. The van der Waals surface area contributed by atoms with Crippen LogP contribution in [0.4, 0.5) is 0 Å². The van der Waals surface area contributed by atoms with E-state index in [0.29, 0.717) is 28.8 Å². The Morgan fingerprint density at radius 1 is 1.44 bits per heavy atom. The molecule has 3 rings (SSSR count). The van der Waals surface area contributed by atoms with Crippen molar-refractivity contribution in [1.82, 2.24) is 10.1 Å². The van der Waals surface area contributed by atoms with Crippen molar-refractivity contribution in [2.45, 2.75) is 13.5 Å². The number of nitrogens with zero attached hydrogens (tertiary/aromatic N) is 2. The molecule has 0 fully saturated rings. The van der Waals surface area contributed by atoms with Crippen LogP contribution in [0.1, 0.15) is 22.1 Å².